The fourth-order valence-electron chi connectivity index (χ4n) is 0.905. The van der Waals surface area contributed by atoms with E-state index in [1.807, 2.05) is 26.0 Å². The van der Waals surface area contributed by atoms with Gasteiger partial charge in [0.05, 0.1) is 0 Å². The number of primary amides is 1. The predicted octanol–water partition coefficient (Wildman–Crippen LogP) is 2.37. The highest BCUT2D eigenvalue weighted by atomic mass is 16.1. The summed E-state index contributed by atoms with van der Waals surface area (Å²) in [5.41, 5.74) is 6.86. The largest absolute Gasteiger partial charge is 0.366 e. The van der Waals surface area contributed by atoms with E-state index in [9.17, 15) is 4.79 Å². The van der Waals surface area contributed by atoms with Crippen molar-refractivity contribution in [2.45, 2.75) is 27.2 Å². The van der Waals surface area contributed by atoms with Crippen LogP contribution in [0.5, 0.6) is 0 Å². The standard InChI is InChI=1S/C9H11NO.C2H6/c1-2-7-3-5-8(6-4-7)9(10)11;1-2/h3-6H,2H2,1H3,(H2,10,11);1-2H3. The van der Waals surface area contributed by atoms with Gasteiger partial charge in [-0.2, -0.15) is 0 Å². The van der Waals surface area contributed by atoms with Gasteiger partial charge in [0, 0.05) is 5.56 Å². The predicted molar refractivity (Wildman–Crippen MR) is 55.7 cm³/mol. The van der Waals surface area contributed by atoms with Crippen molar-refractivity contribution in [3.63, 3.8) is 0 Å². The molecule has 0 radical (unpaired) electrons. The van der Waals surface area contributed by atoms with Crippen LogP contribution in [0.1, 0.15) is 36.7 Å². The summed E-state index contributed by atoms with van der Waals surface area (Å²) in [6.07, 6.45) is 0.985. The van der Waals surface area contributed by atoms with Gasteiger partial charge in [0.1, 0.15) is 0 Å². The molecule has 2 nitrogen and oxygen atoms in total. The highest BCUT2D eigenvalue weighted by Gasteiger charge is 1.97. The van der Waals surface area contributed by atoms with Crippen LogP contribution in [0.25, 0.3) is 0 Å². The average molecular weight is 179 g/mol. The Bertz CT molecular complexity index is 251. The fraction of sp³-hybridized carbons (Fsp3) is 0.364. The molecule has 72 valence electrons. The summed E-state index contributed by atoms with van der Waals surface area (Å²) in [6, 6.07) is 7.34. The molecule has 0 fully saturated rings. The lowest BCUT2D eigenvalue weighted by Crippen LogP contribution is -2.10. The highest BCUT2D eigenvalue weighted by molar-refractivity contribution is 5.92. The maximum absolute atomic E-state index is 10.6. The zero-order valence-electron chi connectivity index (χ0n) is 8.50. The number of aryl methyl sites for hydroxylation is 1. The van der Waals surface area contributed by atoms with Crippen molar-refractivity contribution in [2.75, 3.05) is 0 Å². The van der Waals surface area contributed by atoms with Gasteiger partial charge in [-0.25, -0.2) is 0 Å². The summed E-state index contributed by atoms with van der Waals surface area (Å²) in [5, 5.41) is 0. The Labute approximate surface area is 79.8 Å². The number of hydrogen-bond donors (Lipinski definition) is 1. The van der Waals surface area contributed by atoms with Crippen LogP contribution in [-0.2, 0) is 6.42 Å². The van der Waals surface area contributed by atoms with Crippen molar-refractivity contribution in [3.05, 3.63) is 35.4 Å². The van der Waals surface area contributed by atoms with Crippen LogP contribution in [0.3, 0.4) is 0 Å². The van der Waals surface area contributed by atoms with E-state index in [1.54, 1.807) is 12.1 Å². The van der Waals surface area contributed by atoms with Crippen molar-refractivity contribution in [2.24, 2.45) is 5.73 Å². The smallest absolute Gasteiger partial charge is 0.248 e. The minimum Gasteiger partial charge on any atom is -0.366 e. The minimum atomic E-state index is -0.368. The first-order valence-corrected chi connectivity index (χ1v) is 4.62. The first kappa shape index (κ1) is 11.7. The molecular formula is C11H17NO. The molecule has 0 aliphatic rings. The van der Waals surface area contributed by atoms with Crippen molar-refractivity contribution in [1.82, 2.24) is 0 Å². The quantitative estimate of drug-likeness (QED) is 0.744. The van der Waals surface area contributed by atoms with E-state index in [-0.39, 0.29) is 5.91 Å². The van der Waals surface area contributed by atoms with Gasteiger partial charge >= 0.3 is 0 Å². The van der Waals surface area contributed by atoms with Crippen LogP contribution in [0.15, 0.2) is 24.3 Å². The average Bonchev–Trinajstić information content (AvgIpc) is 2.21. The normalized spacial score (nSPS) is 8.54. The van der Waals surface area contributed by atoms with E-state index < -0.39 is 0 Å². The van der Waals surface area contributed by atoms with Gasteiger partial charge in [0.15, 0.2) is 0 Å². The van der Waals surface area contributed by atoms with Crippen molar-refractivity contribution in [3.8, 4) is 0 Å². The maximum atomic E-state index is 10.6. The number of hydrogen-bond acceptors (Lipinski definition) is 1. The molecule has 0 aliphatic carbocycles. The molecule has 0 bridgehead atoms. The second-order valence-electron chi connectivity index (χ2n) is 2.41. The Kier molecular flexibility index (Phi) is 5.60. The summed E-state index contributed by atoms with van der Waals surface area (Å²) in [7, 11) is 0. The van der Waals surface area contributed by atoms with Crippen molar-refractivity contribution >= 4 is 5.91 Å². The Hall–Kier alpha value is -1.31. The van der Waals surface area contributed by atoms with Crippen LogP contribution >= 0.6 is 0 Å². The van der Waals surface area contributed by atoms with Gasteiger partial charge in [-0.1, -0.05) is 32.9 Å². The fourth-order valence-corrected chi connectivity index (χ4v) is 0.905. The maximum Gasteiger partial charge on any atom is 0.248 e. The zero-order valence-corrected chi connectivity index (χ0v) is 8.50. The molecule has 0 aliphatic heterocycles. The monoisotopic (exact) mass is 179 g/mol. The molecule has 0 saturated carbocycles. The molecule has 1 rings (SSSR count). The number of benzene rings is 1. The number of rotatable bonds is 2. The van der Waals surface area contributed by atoms with Gasteiger partial charge in [0.25, 0.3) is 0 Å². The van der Waals surface area contributed by atoms with E-state index in [1.165, 1.54) is 5.56 Å². The first-order chi connectivity index (χ1) is 6.24. The van der Waals surface area contributed by atoms with E-state index >= 15 is 0 Å². The van der Waals surface area contributed by atoms with Gasteiger partial charge in [-0.3, -0.25) is 4.79 Å². The molecular weight excluding hydrogens is 162 g/mol. The summed E-state index contributed by atoms with van der Waals surface area (Å²) in [5.74, 6) is -0.368. The Balaban J connectivity index is 0.000000671. The van der Waals surface area contributed by atoms with E-state index in [0.29, 0.717) is 5.56 Å². The minimum absolute atomic E-state index is 0.368. The molecule has 2 heteroatoms. The second-order valence-corrected chi connectivity index (χ2v) is 2.41. The van der Waals surface area contributed by atoms with Crippen LogP contribution in [0, 0.1) is 0 Å². The van der Waals surface area contributed by atoms with Gasteiger partial charge in [-0.15, -0.1) is 0 Å². The molecule has 0 atom stereocenters. The molecule has 0 heterocycles. The number of nitrogens with two attached hydrogens (primary N) is 1. The van der Waals surface area contributed by atoms with E-state index in [0.717, 1.165) is 6.42 Å². The van der Waals surface area contributed by atoms with E-state index in [4.69, 9.17) is 5.73 Å². The molecule has 0 saturated heterocycles. The molecule has 1 aromatic carbocycles. The zero-order chi connectivity index (χ0) is 10.3. The Morgan fingerprint density at radius 1 is 1.23 bits per heavy atom. The van der Waals surface area contributed by atoms with Crippen LogP contribution in [0.2, 0.25) is 0 Å². The van der Waals surface area contributed by atoms with Crippen LogP contribution in [0.4, 0.5) is 0 Å². The van der Waals surface area contributed by atoms with Crippen LogP contribution < -0.4 is 5.73 Å². The first-order valence-electron chi connectivity index (χ1n) is 4.62. The lowest BCUT2D eigenvalue weighted by Gasteiger charge is -1.96. The summed E-state index contributed by atoms with van der Waals surface area (Å²) >= 11 is 0. The van der Waals surface area contributed by atoms with Crippen molar-refractivity contribution < 1.29 is 4.79 Å². The lowest BCUT2D eigenvalue weighted by molar-refractivity contribution is 0.100. The molecule has 2 N–H and O–H groups in total. The molecule has 0 aromatic heterocycles. The van der Waals surface area contributed by atoms with E-state index in [2.05, 4.69) is 6.92 Å². The molecule has 0 unspecified atom stereocenters. The van der Waals surface area contributed by atoms with Crippen molar-refractivity contribution in [1.29, 1.82) is 0 Å². The summed E-state index contributed by atoms with van der Waals surface area (Å²) < 4.78 is 0. The third-order valence-corrected chi connectivity index (χ3v) is 1.65. The third-order valence-electron chi connectivity index (χ3n) is 1.65. The summed E-state index contributed by atoms with van der Waals surface area (Å²) in [6.45, 7) is 6.07. The highest BCUT2D eigenvalue weighted by Crippen LogP contribution is 2.03. The van der Waals surface area contributed by atoms with Gasteiger partial charge in [-0.05, 0) is 24.1 Å². The molecule has 1 aromatic rings. The third kappa shape index (κ3) is 3.74. The Morgan fingerprint density at radius 2 is 1.69 bits per heavy atom. The number of carbonyl (C=O) groups excluding carboxylic acids is 1. The SMILES string of the molecule is CC.CCc1ccc(C(N)=O)cc1. The lowest BCUT2D eigenvalue weighted by atomic mass is 10.1. The summed E-state index contributed by atoms with van der Waals surface area (Å²) in [4.78, 5) is 10.6. The molecule has 13 heavy (non-hydrogen) atoms. The molecule has 1 amide bonds. The number of amides is 1. The van der Waals surface area contributed by atoms with Gasteiger partial charge in [0.2, 0.25) is 5.91 Å². The Morgan fingerprint density at radius 3 is 2.00 bits per heavy atom. The van der Waals surface area contributed by atoms with Crippen LogP contribution in [-0.4, -0.2) is 5.91 Å². The van der Waals surface area contributed by atoms with Gasteiger partial charge < -0.3 is 5.73 Å². The topological polar surface area (TPSA) is 43.1 Å². The second kappa shape index (κ2) is 6.23. The molecule has 0 spiro atoms. The number of carbonyl (C=O) groups is 1.